The van der Waals surface area contributed by atoms with E-state index in [-0.39, 0.29) is 6.04 Å². The van der Waals surface area contributed by atoms with Gasteiger partial charge in [-0.15, -0.1) is 11.3 Å². The van der Waals surface area contributed by atoms with Crippen LogP contribution >= 0.6 is 39.5 Å². The first-order valence-corrected chi connectivity index (χ1v) is 8.58. The third-order valence-electron chi connectivity index (χ3n) is 3.27. The highest BCUT2D eigenvalue weighted by atomic mass is 79.9. The van der Waals surface area contributed by atoms with Crippen molar-refractivity contribution < 1.29 is 0 Å². The zero-order valence-corrected chi connectivity index (χ0v) is 14.2. The van der Waals surface area contributed by atoms with Crippen molar-refractivity contribution in [1.29, 1.82) is 0 Å². The monoisotopic (exact) mass is 367 g/mol. The van der Waals surface area contributed by atoms with Crippen LogP contribution in [0, 0.1) is 4.77 Å². The Hall–Kier alpha value is -0.980. The third-order valence-corrected chi connectivity index (χ3v) is 4.97. The predicted octanol–water partition coefficient (Wildman–Crippen LogP) is 5.31. The van der Waals surface area contributed by atoms with E-state index < -0.39 is 0 Å². The number of hydrogen-bond acceptors (Lipinski definition) is 3. The van der Waals surface area contributed by atoms with Crippen LogP contribution in [0.5, 0.6) is 0 Å². The molecule has 20 heavy (non-hydrogen) atoms. The molecule has 1 unspecified atom stereocenters. The van der Waals surface area contributed by atoms with Crippen LogP contribution in [0.3, 0.4) is 0 Å². The van der Waals surface area contributed by atoms with Gasteiger partial charge in [0.15, 0.2) is 10.4 Å². The number of H-pyrrole nitrogens is 1. The number of halogens is 1. The van der Waals surface area contributed by atoms with Gasteiger partial charge in [-0.1, -0.05) is 19.4 Å². The molecule has 3 aromatic heterocycles. The fourth-order valence-electron chi connectivity index (χ4n) is 2.43. The molecule has 0 aliphatic carbocycles. The Balaban J connectivity index is 2.21. The van der Waals surface area contributed by atoms with E-state index in [2.05, 4.69) is 54.9 Å². The second kappa shape index (κ2) is 5.79. The number of pyridine rings is 1. The van der Waals surface area contributed by atoms with Crippen LogP contribution in [-0.2, 0) is 0 Å². The molecule has 1 N–H and O–H groups in total. The summed E-state index contributed by atoms with van der Waals surface area (Å²) in [7, 11) is 0. The summed E-state index contributed by atoms with van der Waals surface area (Å²) in [4.78, 5) is 9.12. The first kappa shape index (κ1) is 14.0. The number of rotatable bonds is 4. The van der Waals surface area contributed by atoms with Crippen LogP contribution in [0.25, 0.3) is 11.2 Å². The van der Waals surface area contributed by atoms with Gasteiger partial charge in [-0.3, -0.25) is 4.57 Å². The molecular formula is C14H14BrN3S2. The van der Waals surface area contributed by atoms with E-state index in [9.17, 15) is 0 Å². The van der Waals surface area contributed by atoms with Gasteiger partial charge in [0.25, 0.3) is 0 Å². The topological polar surface area (TPSA) is 33.6 Å². The van der Waals surface area contributed by atoms with Gasteiger partial charge < -0.3 is 4.98 Å². The molecule has 6 heteroatoms. The summed E-state index contributed by atoms with van der Waals surface area (Å²) in [5.74, 6) is 0. The average Bonchev–Trinajstić information content (AvgIpc) is 3.03. The normalized spacial score (nSPS) is 12.9. The number of hydrogen-bond donors (Lipinski definition) is 1. The lowest BCUT2D eigenvalue weighted by Crippen LogP contribution is -2.10. The maximum absolute atomic E-state index is 5.52. The van der Waals surface area contributed by atoms with E-state index in [0.717, 1.165) is 33.2 Å². The zero-order valence-electron chi connectivity index (χ0n) is 11.0. The fourth-order valence-corrected chi connectivity index (χ4v) is 3.94. The second-order valence-corrected chi connectivity index (χ2v) is 6.93. The zero-order chi connectivity index (χ0) is 14.1. The first-order valence-electron chi connectivity index (χ1n) is 6.50. The molecule has 0 aliphatic rings. The van der Waals surface area contributed by atoms with Crippen molar-refractivity contribution in [2.45, 2.75) is 25.8 Å². The maximum Gasteiger partial charge on any atom is 0.179 e. The maximum atomic E-state index is 5.52. The van der Waals surface area contributed by atoms with Gasteiger partial charge in [-0.25, -0.2) is 4.98 Å². The van der Waals surface area contributed by atoms with Crippen LogP contribution < -0.4 is 0 Å². The number of thiophene rings is 1. The van der Waals surface area contributed by atoms with Crippen LogP contribution in [0.15, 0.2) is 34.2 Å². The Labute approximate surface area is 134 Å². The van der Waals surface area contributed by atoms with E-state index in [0.29, 0.717) is 0 Å². The standard InChI is InChI=1S/C14H14BrN3S2/c1-2-4-11(12-5-3-6-20-12)18-13-10(17-14(18)19)7-9(15)8-16-13/h3,5-8,11H,2,4H2,1H3,(H,17,19). The van der Waals surface area contributed by atoms with Gasteiger partial charge in [-0.2, -0.15) is 0 Å². The summed E-state index contributed by atoms with van der Waals surface area (Å²) >= 11 is 10.7. The van der Waals surface area contributed by atoms with Crippen LogP contribution in [-0.4, -0.2) is 14.5 Å². The molecule has 0 aromatic carbocycles. The Morgan fingerprint density at radius 2 is 2.40 bits per heavy atom. The van der Waals surface area contributed by atoms with Gasteiger partial charge in [0.1, 0.15) is 0 Å². The van der Waals surface area contributed by atoms with Crippen molar-refractivity contribution in [3.63, 3.8) is 0 Å². The Bertz CT molecular complexity index is 773. The van der Waals surface area contributed by atoms with E-state index in [1.54, 1.807) is 11.3 Å². The minimum atomic E-state index is 0.259. The molecule has 3 aromatic rings. The minimum absolute atomic E-state index is 0.259. The largest absolute Gasteiger partial charge is 0.329 e. The van der Waals surface area contributed by atoms with E-state index in [4.69, 9.17) is 12.2 Å². The van der Waals surface area contributed by atoms with Crippen LogP contribution in [0.4, 0.5) is 0 Å². The fraction of sp³-hybridized carbons (Fsp3) is 0.286. The van der Waals surface area contributed by atoms with Gasteiger partial charge in [0.05, 0.1) is 11.6 Å². The molecule has 3 nitrogen and oxygen atoms in total. The smallest absolute Gasteiger partial charge is 0.179 e. The molecule has 104 valence electrons. The van der Waals surface area contributed by atoms with Crippen molar-refractivity contribution in [3.05, 3.63) is 43.9 Å². The lowest BCUT2D eigenvalue weighted by Gasteiger charge is -2.17. The lowest BCUT2D eigenvalue weighted by molar-refractivity contribution is 0.545. The van der Waals surface area contributed by atoms with Crippen LogP contribution in [0.2, 0.25) is 0 Å². The number of fused-ring (bicyclic) bond motifs is 1. The number of aromatic nitrogens is 3. The Kier molecular flexibility index (Phi) is 4.05. The quantitative estimate of drug-likeness (QED) is 0.634. The summed E-state index contributed by atoms with van der Waals surface area (Å²) in [6.45, 7) is 2.20. The molecule has 0 aliphatic heterocycles. The van der Waals surface area contributed by atoms with Crippen molar-refractivity contribution in [3.8, 4) is 0 Å². The van der Waals surface area contributed by atoms with E-state index in [1.165, 1.54) is 4.88 Å². The third kappa shape index (κ3) is 2.47. The van der Waals surface area contributed by atoms with Gasteiger partial charge in [0, 0.05) is 15.5 Å². The van der Waals surface area contributed by atoms with E-state index in [1.807, 2.05) is 12.3 Å². The molecule has 3 rings (SSSR count). The van der Waals surface area contributed by atoms with Crippen molar-refractivity contribution in [2.24, 2.45) is 0 Å². The summed E-state index contributed by atoms with van der Waals surface area (Å²) in [6, 6.07) is 6.54. The lowest BCUT2D eigenvalue weighted by atomic mass is 10.1. The highest BCUT2D eigenvalue weighted by Gasteiger charge is 2.18. The average molecular weight is 368 g/mol. The summed E-state index contributed by atoms with van der Waals surface area (Å²) in [5.41, 5.74) is 1.90. The number of nitrogens with zero attached hydrogens (tertiary/aromatic N) is 2. The molecule has 3 heterocycles. The Morgan fingerprint density at radius 3 is 3.10 bits per heavy atom. The van der Waals surface area contributed by atoms with Crippen molar-refractivity contribution in [2.75, 3.05) is 0 Å². The number of aromatic amines is 1. The summed E-state index contributed by atoms with van der Waals surface area (Å²) < 4.78 is 3.83. The Morgan fingerprint density at radius 1 is 1.55 bits per heavy atom. The van der Waals surface area contributed by atoms with Crippen molar-refractivity contribution >= 4 is 50.6 Å². The van der Waals surface area contributed by atoms with Gasteiger partial charge >= 0.3 is 0 Å². The van der Waals surface area contributed by atoms with E-state index >= 15 is 0 Å². The molecule has 0 radical (unpaired) electrons. The van der Waals surface area contributed by atoms with Crippen molar-refractivity contribution in [1.82, 2.24) is 14.5 Å². The first-order chi connectivity index (χ1) is 9.70. The molecule has 0 bridgehead atoms. The number of imidazole rings is 1. The molecule has 0 spiro atoms. The minimum Gasteiger partial charge on any atom is -0.329 e. The second-order valence-electron chi connectivity index (χ2n) is 4.64. The molecule has 0 amide bonds. The van der Waals surface area contributed by atoms with Gasteiger partial charge in [-0.05, 0) is 52.1 Å². The SMILES string of the molecule is CCCC(c1cccs1)n1c(=S)[nH]c2cc(Br)cnc21. The summed E-state index contributed by atoms with van der Waals surface area (Å²) in [6.07, 6.45) is 3.98. The molecule has 0 saturated carbocycles. The highest BCUT2D eigenvalue weighted by Crippen LogP contribution is 2.31. The van der Waals surface area contributed by atoms with Crippen LogP contribution in [0.1, 0.15) is 30.7 Å². The molecule has 0 fully saturated rings. The molecular weight excluding hydrogens is 354 g/mol. The molecule has 0 saturated heterocycles. The van der Waals surface area contributed by atoms with Gasteiger partial charge in [0.2, 0.25) is 0 Å². The number of nitrogens with one attached hydrogen (secondary N) is 1. The predicted molar refractivity (Wildman–Crippen MR) is 90.0 cm³/mol. The summed E-state index contributed by atoms with van der Waals surface area (Å²) in [5, 5.41) is 2.11. The molecule has 1 atom stereocenters. The highest BCUT2D eigenvalue weighted by molar-refractivity contribution is 9.10.